The van der Waals surface area contributed by atoms with E-state index in [-0.39, 0.29) is 0 Å². The fourth-order valence-electron chi connectivity index (χ4n) is 1.74. The lowest BCUT2D eigenvalue weighted by Gasteiger charge is -2.02. The average molecular weight is 294 g/mol. The summed E-state index contributed by atoms with van der Waals surface area (Å²) in [5.41, 5.74) is 2.67. The summed E-state index contributed by atoms with van der Waals surface area (Å²) >= 11 is 5.36. The van der Waals surface area contributed by atoms with Gasteiger partial charge in [0.25, 0.3) is 0 Å². The van der Waals surface area contributed by atoms with Crippen LogP contribution in [0.2, 0.25) is 0 Å². The van der Waals surface area contributed by atoms with Crippen LogP contribution in [0.25, 0.3) is 11.3 Å². The van der Waals surface area contributed by atoms with Crippen molar-refractivity contribution in [3.05, 3.63) is 39.1 Å². The summed E-state index contributed by atoms with van der Waals surface area (Å²) in [7, 11) is 0. The molecule has 1 aromatic carbocycles. The van der Waals surface area contributed by atoms with E-state index in [0.29, 0.717) is 5.41 Å². The molecule has 1 aromatic heterocycles. The van der Waals surface area contributed by atoms with E-state index in [1.54, 1.807) is 11.3 Å². The molecule has 1 fully saturated rings. The van der Waals surface area contributed by atoms with E-state index < -0.39 is 0 Å². The van der Waals surface area contributed by atoms with Gasteiger partial charge in [-0.3, -0.25) is 0 Å². The molecule has 0 aliphatic heterocycles. The molecule has 0 saturated heterocycles. The molecule has 0 spiro atoms. The summed E-state index contributed by atoms with van der Waals surface area (Å²) in [6.45, 7) is 2.30. The fourth-order valence-corrected chi connectivity index (χ4v) is 3.28. The maximum Gasteiger partial charge on any atom is 0.0991 e. The van der Waals surface area contributed by atoms with Crippen LogP contribution in [-0.4, -0.2) is 4.98 Å². The molecule has 0 N–H and O–H groups in total. The lowest BCUT2D eigenvalue weighted by Crippen LogP contribution is -1.97. The first kappa shape index (κ1) is 10.5. The third-order valence-electron chi connectivity index (χ3n) is 3.17. The quantitative estimate of drug-likeness (QED) is 0.787. The summed E-state index contributed by atoms with van der Waals surface area (Å²) in [6, 6.07) is 8.26. The van der Waals surface area contributed by atoms with Crippen molar-refractivity contribution >= 4 is 27.3 Å². The average Bonchev–Trinajstić information content (AvgIpc) is 2.84. The Morgan fingerprint density at radius 3 is 2.75 bits per heavy atom. The van der Waals surface area contributed by atoms with Gasteiger partial charge >= 0.3 is 0 Å². The van der Waals surface area contributed by atoms with Gasteiger partial charge in [-0.25, -0.2) is 4.98 Å². The van der Waals surface area contributed by atoms with Gasteiger partial charge in [0, 0.05) is 20.8 Å². The number of aromatic nitrogens is 1. The van der Waals surface area contributed by atoms with E-state index in [0.717, 1.165) is 10.2 Å². The van der Waals surface area contributed by atoms with E-state index in [9.17, 15) is 0 Å². The Morgan fingerprint density at radius 2 is 2.06 bits per heavy atom. The van der Waals surface area contributed by atoms with Gasteiger partial charge in [0.15, 0.2) is 0 Å². The highest BCUT2D eigenvalue weighted by molar-refractivity contribution is 9.10. The van der Waals surface area contributed by atoms with Crippen LogP contribution in [0, 0.1) is 0 Å². The Labute approximate surface area is 108 Å². The highest BCUT2D eigenvalue weighted by Gasteiger charge is 2.41. The third kappa shape index (κ3) is 1.72. The molecule has 1 heterocycles. The van der Waals surface area contributed by atoms with Crippen molar-refractivity contribution in [1.82, 2.24) is 4.98 Å². The molecule has 2 aromatic rings. The Morgan fingerprint density at radius 1 is 1.31 bits per heavy atom. The maximum atomic E-state index is 4.76. The first-order chi connectivity index (χ1) is 7.69. The number of benzene rings is 1. The number of hydrogen-bond acceptors (Lipinski definition) is 2. The highest BCUT2D eigenvalue weighted by atomic mass is 79.9. The van der Waals surface area contributed by atoms with Gasteiger partial charge in [-0.1, -0.05) is 41.1 Å². The second kappa shape index (κ2) is 3.67. The third-order valence-corrected chi connectivity index (χ3v) is 5.01. The lowest BCUT2D eigenvalue weighted by atomic mass is 10.1. The zero-order valence-electron chi connectivity index (χ0n) is 9.03. The molecule has 1 aliphatic rings. The van der Waals surface area contributed by atoms with Crippen molar-refractivity contribution in [3.63, 3.8) is 0 Å². The number of rotatable bonds is 2. The van der Waals surface area contributed by atoms with Crippen LogP contribution < -0.4 is 0 Å². The monoisotopic (exact) mass is 293 g/mol. The Bertz CT molecular complexity index is 528. The molecule has 0 unspecified atom stereocenters. The number of hydrogen-bond donors (Lipinski definition) is 0. The Kier molecular flexibility index (Phi) is 2.41. The van der Waals surface area contributed by atoms with E-state index in [1.165, 1.54) is 23.4 Å². The van der Waals surface area contributed by atoms with Gasteiger partial charge in [-0.15, -0.1) is 11.3 Å². The van der Waals surface area contributed by atoms with Gasteiger partial charge in [0.05, 0.1) is 10.7 Å². The largest absolute Gasteiger partial charge is 0.241 e. The van der Waals surface area contributed by atoms with Crippen LogP contribution in [0.15, 0.2) is 34.1 Å². The van der Waals surface area contributed by atoms with E-state index in [2.05, 4.69) is 46.4 Å². The second-order valence-electron chi connectivity index (χ2n) is 4.58. The van der Waals surface area contributed by atoms with Crippen LogP contribution in [0.3, 0.4) is 0 Å². The van der Waals surface area contributed by atoms with Crippen LogP contribution in [0.4, 0.5) is 0 Å². The second-order valence-corrected chi connectivity index (χ2v) is 6.29. The first-order valence-corrected chi connectivity index (χ1v) is 7.07. The molecule has 0 radical (unpaired) electrons. The predicted octanol–water partition coefficient (Wildman–Crippen LogP) is 4.62. The van der Waals surface area contributed by atoms with E-state index >= 15 is 0 Å². The molecule has 0 bridgehead atoms. The van der Waals surface area contributed by atoms with Crippen LogP contribution >= 0.6 is 27.3 Å². The summed E-state index contributed by atoms with van der Waals surface area (Å²) in [5.74, 6) is 0. The molecule has 16 heavy (non-hydrogen) atoms. The Hall–Kier alpha value is -0.670. The minimum atomic E-state index is 0.379. The van der Waals surface area contributed by atoms with Crippen LogP contribution in [-0.2, 0) is 5.41 Å². The topological polar surface area (TPSA) is 12.9 Å². The van der Waals surface area contributed by atoms with E-state index in [1.807, 2.05) is 6.07 Å². The molecule has 1 saturated carbocycles. The predicted molar refractivity (Wildman–Crippen MR) is 71.8 cm³/mol. The first-order valence-electron chi connectivity index (χ1n) is 5.40. The number of halogens is 1. The number of thiazole rings is 1. The summed E-state index contributed by atoms with van der Waals surface area (Å²) in [6.07, 6.45) is 2.58. The van der Waals surface area contributed by atoms with Gasteiger partial charge in [0.2, 0.25) is 0 Å². The van der Waals surface area contributed by atoms with Crippen molar-refractivity contribution in [2.45, 2.75) is 25.2 Å². The fraction of sp³-hybridized carbons (Fsp3) is 0.308. The smallest absolute Gasteiger partial charge is 0.0991 e. The van der Waals surface area contributed by atoms with Gasteiger partial charge < -0.3 is 0 Å². The summed E-state index contributed by atoms with van der Waals surface area (Å²) in [4.78, 5) is 4.76. The lowest BCUT2D eigenvalue weighted by molar-refractivity contribution is 0.777. The zero-order chi connectivity index (χ0) is 11.2. The van der Waals surface area contributed by atoms with Crippen LogP contribution in [0.1, 0.15) is 24.8 Å². The molecule has 1 aliphatic carbocycles. The maximum absolute atomic E-state index is 4.76. The van der Waals surface area contributed by atoms with Crippen molar-refractivity contribution in [1.29, 1.82) is 0 Å². The molecular weight excluding hydrogens is 282 g/mol. The normalized spacial score (nSPS) is 17.4. The number of nitrogens with zero attached hydrogens (tertiary/aromatic N) is 1. The SMILES string of the molecule is CC1(c2nc(-c3ccccc3Br)cs2)CC1. The van der Waals surface area contributed by atoms with Crippen molar-refractivity contribution in [2.75, 3.05) is 0 Å². The van der Waals surface area contributed by atoms with Gasteiger partial charge in [-0.2, -0.15) is 0 Å². The minimum Gasteiger partial charge on any atom is -0.241 e. The van der Waals surface area contributed by atoms with Crippen molar-refractivity contribution in [2.24, 2.45) is 0 Å². The Balaban J connectivity index is 2.02. The standard InChI is InChI=1S/C13H12BrNS/c1-13(6-7-13)12-15-11(8-16-12)9-4-2-3-5-10(9)14/h2-5,8H,6-7H2,1H3. The van der Waals surface area contributed by atoms with Crippen molar-refractivity contribution in [3.8, 4) is 11.3 Å². The minimum absolute atomic E-state index is 0.379. The molecule has 0 atom stereocenters. The molecule has 3 rings (SSSR count). The van der Waals surface area contributed by atoms with Gasteiger partial charge in [-0.05, 0) is 18.9 Å². The molecule has 82 valence electrons. The summed E-state index contributed by atoms with van der Waals surface area (Å²) < 4.78 is 1.12. The van der Waals surface area contributed by atoms with Crippen LogP contribution in [0.5, 0.6) is 0 Å². The molecule has 0 amide bonds. The molecule has 1 nitrogen and oxygen atoms in total. The molecule has 3 heteroatoms. The highest BCUT2D eigenvalue weighted by Crippen LogP contribution is 2.49. The van der Waals surface area contributed by atoms with Crippen molar-refractivity contribution < 1.29 is 0 Å². The summed E-state index contributed by atoms with van der Waals surface area (Å²) in [5, 5.41) is 3.46. The molecular formula is C13H12BrNS. The zero-order valence-corrected chi connectivity index (χ0v) is 11.4. The van der Waals surface area contributed by atoms with Gasteiger partial charge in [0.1, 0.15) is 0 Å². The van der Waals surface area contributed by atoms with E-state index in [4.69, 9.17) is 4.98 Å².